The Balaban J connectivity index is 1.79. The van der Waals surface area contributed by atoms with Crippen LogP contribution in [0.3, 0.4) is 0 Å². The number of hydrogen-bond acceptors (Lipinski definition) is 7. The van der Waals surface area contributed by atoms with Crippen LogP contribution in [0.5, 0.6) is 5.88 Å². The van der Waals surface area contributed by atoms with Crippen LogP contribution in [0.2, 0.25) is 0 Å². The van der Waals surface area contributed by atoms with Crippen LogP contribution in [0.15, 0.2) is 27.3 Å². The van der Waals surface area contributed by atoms with Gasteiger partial charge in [-0.05, 0) is 19.1 Å². The van der Waals surface area contributed by atoms with E-state index in [1.54, 1.807) is 12.3 Å². The summed E-state index contributed by atoms with van der Waals surface area (Å²) in [6.07, 6.45) is 1.71. The molecule has 0 atom stereocenters. The maximum atomic E-state index is 12.3. The molecule has 3 aromatic heterocycles. The summed E-state index contributed by atoms with van der Waals surface area (Å²) in [7, 11) is -3.74. The topological polar surface area (TPSA) is 128 Å². The van der Waals surface area contributed by atoms with E-state index in [4.69, 9.17) is 0 Å². The van der Waals surface area contributed by atoms with Crippen molar-refractivity contribution in [2.24, 2.45) is 0 Å². The van der Waals surface area contributed by atoms with E-state index in [1.807, 2.05) is 6.92 Å². The van der Waals surface area contributed by atoms with Gasteiger partial charge in [-0.25, -0.2) is 22.9 Å². The Hall–Kier alpha value is -1.95. The van der Waals surface area contributed by atoms with Crippen LogP contribution in [0, 0.1) is 6.92 Å². The van der Waals surface area contributed by atoms with Gasteiger partial charge >= 0.3 is 5.69 Å². The number of aromatic hydroxyl groups is 1. The highest BCUT2D eigenvalue weighted by molar-refractivity contribution is 7.91. The number of aryl methyl sites for hydroxylation is 1. The number of rotatable bonds is 5. The van der Waals surface area contributed by atoms with E-state index in [0.717, 1.165) is 26.1 Å². The van der Waals surface area contributed by atoms with Crippen LogP contribution in [-0.4, -0.2) is 28.5 Å². The van der Waals surface area contributed by atoms with Crippen LogP contribution in [-0.2, 0) is 16.6 Å². The number of imidazole rings is 1. The Morgan fingerprint density at radius 1 is 1.26 bits per heavy atom. The number of thiazole rings is 1. The fourth-order valence-electron chi connectivity index (χ4n) is 1.85. The maximum Gasteiger partial charge on any atom is 0.326 e. The molecule has 3 rings (SSSR count). The van der Waals surface area contributed by atoms with Crippen molar-refractivity contribution in [1.29, 1.82) is 0 Å². The highest BCUT2D eigenvalue weighted by Crippen LogP contribution is 2.33. The zero-order valence-corrected chi connectivity index (χ0v) is 14.2. The Morgan fingerprint density at radius 2 is 2.04 bits per heavy atom. The summed E-state index contributed by atoms with van der Waals surface area (Å²) in [4.78, 5) is 21.3. The van der Waals surface area contributed by atoms with Crippen molar-refractivity contribution in [2.75, 3.05) is 0 Å². The first-order valence-electron chi connectivity index (χ1n) is 6.37. The molecule has 0 saturated heterocycles. The van der Waals surface area contributed by atoms with Crippen molar-refractivity contribution in [1.82, 2.24) is 19.7 Å². The third-order valence-corrected chi connectivity index (χ3v) is 7.02. The number of H-pyrrole nitrogens is 2. The van der Waals surface area contributed by atoms with Gasteiger partial charge in [0.25, 0.3) is 0 Å². The number of aromatic amines is 2. The molecule has 0 aliphatic rings. The van der Waals surface area contributed by atoms with Gasteiger partial charge in [0, 0.05) is 11.1 Å². The molecule has 0 radical (unpaired) electrons. The smallest absolute Gasteiger partial charge is 0.326 e. The number of nitrogens with zero attached hydrogens (tertiary/aromatic N) is 1. The van der Waals surface area contributed by atoms with E-state index in [0.29, 0.717) is 0 Å². The van der Waals surface area contributed by atoms with Gasteiger partial charge in [-0.3, -0.25) is 4.98 Å². The molecular weight excluding hydrogens is 360 g/mol. The quantitative estimate of drug-likeness (QED) is 0.538. The summed E-state index contributed by atoms with van der Waals surface area (Å²) in [6.45, 7) is 1.66. The predicted octanol–water partition coefficient (Wildman–Crippen LogP) is 1.38. The molecule has 0 spiro atoms. The lowest BCUT2D eigenvalue weighted by molar-refractivity contribution is 0.447. The second-order valence-electron chi connectivity index (χ2n) is 4.59. The number of hydrogen-bond donors (Lipinski definition) is 4. The summed E-state index contributed by atoms with van der Waals surface area (Å²) in [6, 6.07) is 3.24. The van der Waals surface area contributed by atoms with E-state index in [-0.39, 0.29) is 22.3 Å². The molecule has 0 bridgehead atoms. The van der Waals surface area contributed by atoms with Gasteiger partial charge in [-0.15, -0.1) is 22.7 Å². The van der Waals surface area contributed by atoms with Gasteiger partial charge in [-0.1, -0.05) is 0 Å². The average Bonchev–Trinajstić information content (AvgIpc) is 3.17. The van der Waals surface area contributed by atoms with E-state index >= 15 is 0 Å². The van der Waals surface area contributed by atoms with E-state index in [2.05, 4.69) is 19.7 Å². The largest absolute Gasteiger partial charge is 0.493 e. The first kappa shape index (κ1) is 15.9. The second-order valence-corrected chi connectivity index (χ2v) is 8.91. The molecule has 0 unspecified atom stereocenters. The fraction of sp³-hybridized carbons (Fsp3) is 0.167. The van der Waals surface area contributed by atoms with Crippen molar-refractivity contribution in [2.45, 2.75) is 17.7 Å². The molecule has 0 aliphatic carbocycles. The zero-order valence-electron chi connectivity index (χ0n) is 11.8. The monoisotopic (exact) mass is 372 g/mol. The molecule has 0 aliphatic heterocycles. The minimum Gasteiger partial charge on any atom is -0.493 e. The molecule has 0 fully saturated rings. The van der Waals surface area contributed by atoms with E-state index in [1.165, 1.54) is 17.4 Å². The van der Waals surface area contributed by atoms with Gasteiger partial charge in [0.1, 0.15) is 4.21 Å². The minimum atomic E-state index is -3.74. The third-order valence-electron chi connectivity index (χ3n) is 2.93. The van der Waals surface area contributed by atoms with Crippen LogP contribution >= 0.6 is 22.7 Å². The van der Waals surface area contributed by atoms with Crippen LogP contribution in [0.4, 0.5) is 0 Å². The fourth-order valence-corrected chi connectivity index (χ4v) is 5.05. The molecule has 11 heteroatoms. The lowest BCUT2D eigenvalue weighted by atomic mass is 10.4. The first-order chi connectivity index (χ1) is 10.8. The predicted molar refractivity (Wildman–Crippen MR) is 87.3 cm³/mol. The molecule has 4 N–H and O–H groups in total. The lowest BCUT2D eigenvalue weighted by Crippen LogP contribution is -2.22. The molecule has 23 heavy (non-hydrogen) atoms. The Bertz CT molecular complexity index is 996. The SMILES string of the molecule is Cc1ncc(-c2ccc(S(=O)(=O)NCc3[nH]c(=O)[nH]c3O)s2)s1. The second kappa shape index (κ2) is 5.92. The number of aromatic nitrogens is 3. The summed E-state index contributed by atoms with van der Waals surface area (Å²) in [5, 5.41) is 10.3. The standard InChI is InChI=1S/C12H12N4O4S3/c1-6-13-5-9(21-6)8-2-3-10(22-8)23(19,20)14-4-7-11(17)16-12(18)15-7/h2-3,5,14,17H,4H2,1H3,(H2,15,16,18). The number of sulfonamides is 1. The van der Waals surface area contributed by atoms with Crippen LogP contribution in [0.1, 0.15) is 10.7 Å². The number of nitrogens with one attached hydrogen (secondary N) is 3. The van der Waals surface area contributed by atoms with Crippen LogP contribution < -0.4 is 10.4 Å². The lowest BCUT2D eigenvalue weighted by Gasteiger charge is -2.03. The number of thiophene rings is 1. The van der Waals surface area contributed by atoms with Crippen molar-refractivity contribution in [3.63, 3.8) is 0 Å². The average molecular weight is 372 g/mol. The maximum absolute atomic E-state index is 12.3. The Kier molecular flexibility index (Phi) is 4.10. The molecule has 3 heterocycles. The molecule has 122 valence electrons. The molecule has 0 aromatic carbocycles. The summed E-state index contributed by atoms with van der Waals surface area (Å²) >= 11 is 2.62. The zero-order chi connectivity index (χ0) is 16.6. The Labute approximate surface area is 138 Å². The van der Waals surface area contributed by atoms with Gasteiger partial charge in [0.15, 0.2) is 0 Å². The highest BCUT2D eigenvalue weighted by atomic mass is 32.2. The molecule has 8 nitrogen and oxygen atoms in total. The van der Waals surface area contributed by atoms with Crippen molar-refractivity contribution < 1.29 is 13.5 Å². The highest BCUT2D eigenvalue weighted by Gasteiger charge is 2.19. The van der Waals surface area contributed by atoms with E-state index < -0.39 is 15.7 Å². The summed E-state index contributed by atoms with van der Waals surface area (Å²) in [5.74, 6) is -0.385. The molecule has 0 amide bonds. The van der Waals surface area contributed by atoms with Gasteiger partial charge < -0.3 is 10.1 Å². The molecular formula is C12H12N4O4S3. The third kappa shape index (κ3) is 3.37. The molecule has 3 aromatic rings. The van der Waals surface area contributed by atoms with Crippen LogP contribution in [0.25, 0.3) is 9.75 Å². The van der Waals surface area contributed by atoms with Crippen molar-refractivity contribution in [3.05, 3.63) is 39.5 Å². The van der Waals surface area contributed by atoms with Crippen molar-refractivity contribution in [3.8, 4) is 15.6 Å². The van der Waals surface area contributed by atoms with Gasteiger partial charge in [-0.2, -0.15) is 0 Å². The normalized spacial score (nSPS) is 11.9. The minimum absolute atomic E-state index is 0.0773. The first-order valence-corrected chi connectivity index (χ1v) is 9.49. The summed E-state index contributed by atoms with van der Waals surface area (Å²) in [5.41, 5.74) is -0.524. The Morgan fingerprint density at radius 3 is 2.65 bits per heavy atom. The van der Waals surface area contributed by atoms with E-state index in [9.17, 15) is 18.3 Å². The molecule has 0 saturated carbocycles. The van der Waals surface area contributed by atoms with Crippen molar-refractivity contribution >= 4 is 32.7 Å². The van der Waals surface area contributed by atoms with Gasteiger partial charge in [0.2, 0.25) is 15.9 Å². The van der Waals surface area contributed by atoms with Gasteiger partial charge in [0.05, 0.1) is 22.1 Å². The summed E-state index contributed by atoms with van der Waals surface area (Å²) < 4.78 is 27.0.